The average molecular weight is 362 g/mol. The Bertz CT molecular complexity index is 883. The van der Waals surface area contributed by atoms with E-state index in [-0.39, 0.29) is 24.9 Å². The fourth-order valence-corrected chi connectivity index (χ4v) is 4.12. The second-order valence-electron chi connectivity index (χ2n) is 5.94. The van der Waals surface area contributed by atoms with Crippen LogP contribution in [0.3, 0.4) is 0 Å². The lowest BCUT2D eigenvalue weighted by Gasteiger charge is -2.14. The van der Waals surface area contributed by atoms with E-state index in [2.05, 4.69) is 10.0 Å². The first-order chi connectivity index (χ1) is 12.0. The van der Waals surface area contributed by atoms with Crippen molar-refractivity contribution in [1.29, 1.82) is 0 Å². The quantitative estimate of drug-likeness (QED) is 0.828. The van der Waals surface area contributed by atoms with E-state index in [0.29, 0.717) is 0 Å². The molecular formula is C18H19FN2O3S. The van der Waals surface area contributed by atoms with Crippen LogP contribution in [0.4, 0.5) is 4.39 Å². The molecule has 1 aliphatic carbocycles. The van der Waals surface area contributed by atoms with Crippen LogP contribution < -0.4 is 10.0 Å². The molecule has 3 rings (SSSR count). The number of rotatable bonds is 6. The normalized spacial score (nSPS) is 16.4. The minimum atomic E-state index is -3.97. The van der Waals surface area contributed by atoms with Crippen molar-refractivity contribution < 1.29 is 17.6 Å². The van der Waals surface area contributed by atoms with E-state index < -0.39 is 20.7 Å². The Hall–Kier alpha value is -2.25. The maximum Gasteiger partial charge on any atom is 0.243 e. The van der Waals surface area contributed by atoms with Crippen molar-refractivity contribution in [2.24, 2.45) is 0 Å². The summed E-state index contributed by atoms with van der Waals surface area (Å²) >= 11 is 0. The van der Waals surface area contributed by atoms with E-state index in [1.807, 2.05) is 24.3 Å². The fourth-order valence-electron chi connectivity index (χ4n) is 3.01. The van der Waals surface area contributed by atoms with Crippen molar-refractivity contribution in [3.63, 3.8) is 0 Å². The van der Waals surface area contributed by atoms with Crippen LogP contribution in [0, 0.1) is 5.82 Å². The van der Waals surface area contributed by atoms with Gasteiger partial charge in [0.2, 0.25) is 15.9 Å². The van der Waals surface area contributed by atoms with Crippen molar-refractivity contribution in [2.75, 3.05) is 6.54 Å². The highest BCUT2D eigenvalue weighted by Gasteiger charge is 2.23. The summed E-state index contributed by atoms with van der Waals surface area (Å²) < 4.78 is 40.0. The van der Waals surface area contributed by atoms with Gasteiger partial charge in [0.05, 0.1) is 6.04 Å². The summed E-state index contributed by atoms with van der Waals surface area (Å²) in [5.74, 6) is -1.06. The van der Waals surface area contributed by atoms with Gasteiger partial charge >= 0.3 is 0 Å². The zero-order chi connectivity index (χ0) is 17.9. The molecule has 0 aromatic heterocycles. The molecule has 0 bridgehead atoms. The third-order valence-corrected chi connectivity index (χ3v) is 5.73. The molecule has 2 aromatic rings. The molecule has 1 atom stereocenters. The molecule has 7 heteroatoms. The van der Waals surface area contributed by atoms with Crippen molar-refractivity contribution in [3.05, 3.63) is 65.5 Å². The van der Waals surface area contributed by atoms with Gasteiger partial charge in [-0.25, -0.2) is 17.5 Å². The molecule has 0 radical (unpaired) electrons. The Morgan fingerprint density at radius 1 is 1.12 bits per heavy atom. The predicted molar refractivity (Wildman–Crippen MR) is 91.9 cm³/mol. The number of halogens is 1. The first-order valence-corrected chi connectivity index (χ1v) is 9.57. The molecule has 1 aliphatic rings. The minimum absolute atomic E-state index is 0.00759. The first kappa shape index (κ1) is 17.6. The monoisotopic (exact) mass is 362 g/mol. The molecule has 2 N–H and O–H groups in total. The van der Waals surface area contributed by atoms with Crippen molar-refractivity contribution in [2.45, 2.75) is 30.2 Å². The molecule has 0 unspecified atom stereocenters. The molecule has 5 nitrogen and oxygen atoms in total. The van der Waals surface area contributed by atoms with Gasteiger partial charge < -0.3 is 5.32 Å². The summed E-state index contributed by atoms with van der Waals surface area (Å²) in [7, 11) is -3.97. The molecular weight excluding hydrogens is 343 g/mol. The lowest BCUT2D eigenvalue weighted by Crippen LogP contribution is -2.32. The topological polar surface area (TPSA) is 75.3 Å². The summed E-state index contributed by atoms with van der Waals surface area (Å²) in [6, 6.07) is 13.0. The molecule has 1 amide bonds. The lowest BCUT2D eigenvalue weighted by atomic mass is 10.1. The SMILES string of the molecule is O=C(CCNS(=O)(=O)c1ccccc1F)N[C@@H]1CCc2ccccc21. The Morgan fingerprint density at radius 3 is 2.64 bits per heavy atom. The van der Waals surface area contributed by atoms with Crippen LogP contribution in [-0.2, 0) is 21.2 Å². The summed E-state index contributed by atoms with van der Waals surface area (Å²) in [6.45, 7) is -0.0864. The van der Waals surface area contributed by atoms with E-state index in [0.717, 1.165) is 24.5 Å². The zero-order valence-corrected chi connectivity index (χ0v) is 14.4. The van der Waals surface area contributed by atoms with E-state index in [1.54, 1.807) is 0 Å². The molecule has 0 aliphatic heterocycles. The van der Waals surface area contributed by atoms with E-state index >= 15 is 0 Å². The molecule has 0 saturated heterocycles. The van der Waals surface area contributed by atoms with Gasteiger partial charge in [-0.05, 0) is 36.1 Å². The number of carbonyl (C=O) groups excluding carboxylic acids is 1. The number of nitrogens with one attached hydrogen (secondary N) is 2. The van der Waals surface area contributed by atoms with E-state index in [4.69, 9.17) is 0 Å². The summed E-state index contributed by atoms with van der Waals surface area (Å²) in [4.78, 5) is 11.7. The van der Waals surface area contributed by atoms with Gasteiger partial charge in [0.25, 0.3) is 0 Å². The molecule has 0 fully saturated rings. The molecule has 2 aromatic carbocycles. The Balaban J connectivity index is 1.53. The predicted octanol–water partition coefficient (Wildman–Crippen LogP) is 2.30. The summed E-state index contributed by atoms with van der Waals surface area (Å²) in [5.41, 5.74) is 2.34. The number of fused-ring (bicyclic) bond motifs is 1. The third-order valence-electron chi connectivity index (χ3n) is 4.24. The number of carbonyl (C=O) groups is 1. The number of hydrogen-bond acceptors (Lipinski definition) is 3. The molecule has 0 spiro atoms. The fraction of sp³-hybridized carbons (Fsp3) is 0.278. The number of aryl methyl sites for hydroxylation is 1. The van der Waals surface area contributed by atoms with Crippen LogP contribution in [0.15, 0.2) is 53.4 Å². The van der Waals surface area contributed by atoms with Crippen LogP contribution in [0.5, 0.6) is 0 Å². The third kappa shape index (κ3) is 4.05. The highest BCUT2D eigenvalue weighted by atomic mass is 32.2. The van der Waals surface area contributed by atoms with Gasteiger partial charge in [0, 0.05) is 13.0 Å². The second-order valence-corrected chi connectivity index (χ2v) is 7.67. The van der Waals surface area contributed by atoms with Gasteiger partial charge in [-0.15, -0.1) is 0 Å². The standard InChI is InChI=1S/C18H19FN2O3S/c19-15-7-3-4-8-17(15)25(23,24)20-12-11-18(22)21-16-10-9-13-5-1-2-6-14(13)16/h1-8,16,20H,9-12H2,(H,21,22)/t16-/m1/s1. The molecule has 0 saturated carbocycles. The highest BCUT2D eigenvalue weighted by molar-refractivity contribution is 7.89. The van der Waals surface area contributed by atoms with Gasteiger partial charge in [-0.1, -0.05) is 36.4 Å². The maximum atomic E-state index is 13.6. The second kappa shape index (κ2) is 7.33. The summed E-state index contributed by atoms with van der Waals surface area (Å²) in [6.07, 6.45) is 1.75. The Labute approximate surface area is 146 Å². The van der Waals surface area contributed by atoms with Crippen molar-refractivity contribution in [1.82, 2.24) is 10.0 Å². The van der Waals surface area contributed by atoms with Crippen LogP contribution in [-0.4, -0.2) is 20.9 Å². The lowest BCUT2D eigenvalue weighted by molar-refractivity contribution is -0.121. The Morgan fingerprint density at radius 2 is 1.84 bits per heavy atom. The van der Waals surface area contributed by atoms with Gasteiger partial charge in [-0.2, -0.15) is 0 Å². The first-order valence-electron chi connectivity index (χ1n) is 8.09. The number of hydrogen-bond donors (Lipinski definition) is 2. The zero-order valence-electron chi connectivity index (χ0n) is 13.5. The molecule has 132 valence electrons. The Kier molecular flexibility index (Phi) is 5.15. The smallest absolute Gasteiger partial charge is 0.243 e. The van der Waals surface area contributed by atoms with Crippen molar-refractivity contribution >= 4 is 15.9 Å². The van der Waals surface area contributed by atoms with Crippen LogP contribution in [0.1, 0.15) is 30.0 Å². The van der Waals surface area contributed by atoms with E-state index in [9.17, 15) is 17.6 Å². The molecule has 25 heavy (non-hydrogen) atoms. The van der Waals surface area contributed by atoms with Crippen LogP contribution >= 0.6 is 0 Å². The molecule has 0 heterocycles. The maximum absolute atomic E-state index is 13.6. The van der Waals surface area contributed by atoms with Gasteiger partial charge in [0.15, 0.2) is 0 Å². The minimum Gasteiger partial charge on any atom is -0.349 e. The average Bonchev–Trinajstić information content (AvgIpc) is 2.98. The highest BCUT2D eigenvalue weighted by Crippen LogP contribution is 2.30. The van der Waals surface area contributed by atoms with Gasteiger partial charge in [-0.3, -0.25) is 4.79 Å². The van der Waals surface area contributed by atoms with E-state index in [1.165, 1.54) is 23.8 Å². The van der Waals surface area contributed by atoms with Crippen LogP contribution in [0.25, 0.3) is 0 Å². The van der Waals surface area contributed by atoms with Crippen molar-refractivity contribution in [3.8, 4) is 0 Å². The van der Waals surface area contributed by atoms with Crippen LogP contribution in [0.2, 0.25) is 0 Å². The number of sulfonamides is 1. The summed E-state index contributed by atoms with van der Waals surface area (Å²) in [5, 5.41) is 2.92. The number of amides is 1. The largest absolute Gasteiger partial charge is 0.349 e. The van der Waals surface area contributed by atoms with Gasteiger partial charge in [0.1, 0.15) is 10.7 Å². The number of benzene rings is 2.